The quantitative estimate of drug-likeness (QED) is 0.685. The molecule has 1 aliphatic heterocycles. The van der Waals surface area contributed by atoms with Gasteiger partial charge in [-0.2, -0.15) is 0 Å². The van der Waals surface area contributed by atoms with E-state index in [0.29, 0.717) is 6.10 Å². The van der Waals surface area contributed by atoms with Gasteiger partial charge >= 0.3 is 0 Å². The van der Waals surface area contributed by atoms with Gasteiger partial charge in [0.15, 0.2) is 0 Å². The van der Waals surface area contributed by atoms with Crippen LogP contribution in [0.4, 0.5) is 0 Å². The summed E-state index contributed by atoms with van der Waals surface area (Å²) < 4.78 is 5.67. The van der Waals surface area contributed by atoms with Crippen molar-refractivity contribution in [2.24, 2.45) is 5.92 Å². The Kier molecular flexibility index (Phi) is 5.11. The Balaban J connectivity index is 1.57. The highest BCUT2D eigenvalue weighted by Crippen LogP contribution is 2.35. The summed E-state index contributed by atoms with van der Waals surface area (Å²) >= 11 is 0. The molecule has 0 bridgehead atoms. The summed E-state index contributed by atoms with van der Waals surface area (Å²) in [5.41, 5.74) is 0. The molecule has 2 unspecified atom stereocenters. The molecule has 1 N–H and O–H groups in total. The minimum absolute atomic E-state index is 0.589. The van der Waals surface area contributed by atoms with Crippen LogP contribution in [0.25, 0.3) is 0 Å². The van der Waals surface area contributed by atoms with Crippen LogP contribution < -0.4 is 5.32 Å². The molecule has 2 nitrogen and oxygen atoms in total. The van der Waals surface area contributed by atoms with Gasteiger partial charge in [0, 0.05) is 12.6 Å². The van der Waals surface area contributed by atoms with Crippen molar-refractivity contribution in [2.75, 3.05) is 13.2 Å². The first kappa shape index (κ1) is 12.4. The molecule has 0 aromatic heterocycles. The molecule has 2 rings (SSSR count). The van der Waals surface area contributed by atoms with E-state index < -0.39 is 0 Å². The first-order valence-electron chi connectivity index (χ1n) is 7.25. The molecule has 1 saturated carbocycles. The first-order chi connectivity index (χ1) is 7.90. The van der Waals surface area contributed by atoms with Crippen LogP contribution in [0, 0.1) is 5.92 Å². The molecule has 1 heterocycles. The molecule has 2 fully saturated rings. The van der Waals surface area contributed by atoms with Gasteiger partial charge in [0.2, 0.25) is 0 Å². The lowest BCUT2D eigenvalue weighted by Crippen LogP contribution is -2.31. The summed E-state index contributed by atoms with van der Waals surface area (Å²) in [4.78, 5) is 0. The minimum Gasteiger partial charge on any atom is -0.378 e. The van der Waals surface area contributed by atoms with Crippen molar-refractivity contribution in [1.82, 2.24) is 5.32 Å². The van der Waals surface area contributed by atoms with Crippen LogP contribution >= 0.6 is 0 Å². The highest BCUT2D eigenvalue weighted by molar-refractivity contribution is 4.86. The van der Waals surface area contributed by atoms with Crippen LogP contribution in [0.15, 0.2) is 0 Å². The van der Waals surface area contributed by atoms with E-state index in [1.54, 1.807) is 0 Å². The van der Waals surface area contributed by atoms with Gasteiger partial charge in [-0.25, -0.2) is 0 Å². The van der Waals surface area contributed by atoms with Gasteiger partial charge in [0.05, 0.1) is 6.10 Å². The summed E-state index contributed by atoms with van der Waals surface area (Å²) in [6, 6.07) is 0.807. The average Bonchev–Trinajstić information content (AvgIpc) is 3.01. The number of hydrogen-bond acceptors (Lipinski definition) is 2. The van der Waals surface area contributed by atoms with Crippen LogP contribution in [0.2, 0.25) is 0 Å². The summed E-state index contributed by atoms with van der Waals surface area (Å²) in [6.45, 7) is 4.45. The van der Waals surface area contributed by atoms with Crippen molar-refractivity contribution < 1.29 is 4.74 Å². The lowest BCUT2D eigenvalue weighted by atomic mass is 10.0. The Morgan fingerprint density at radius 2 is 2.19 bits per heavy atom. The zero-order valence-corrected chi connectivity index (χ0v) is 10.7. The number of ether oxygens (including phenoxy) is 1. The van der Waals surface area contributed by atoms with E-state index in [1.807, 2.05) is 0 Å². The van der Waals surface area contributed by atoms with E-state index in [9.17, 15) is 0 Å². The van der Waals surface area contributed by atoms with Crippen molar-refractivity contribution >= 4 is 0 Å². The Morgan fingerprint density at radius 1 is 1.31 bits per heavy atom. The zero-order valence-electron chi connectivity index (χ0n) is 10.7. The van der Waals surface area contributed by atoms with Gasteiger partial charge in [-0.3, -0.25) is 0 Å². The molecule has 2 aliphatic rings. The van der Waals surface area contributed by atoms with Gasteiger partial charge in [0.1, 0.15) is 0 Å². The molecule has 1 saturated heterocycles. The van der Waals surface area contributed by atoms with Crippen molar-refractivity contribution in [2.45, 2.75) is 70.4 Å². The molecule has 0 amide bonds. The smallest absolute Gasteiger partial charge is 0.0576 e. The van der Waals surface area contributed by atoms with Gasteiger partial charge in [0.25, 0.3) is 0 Å². The third-order valence-electron chi connectivity index (χ3n) is 3.91. The second kappa shape index (κ2) is 6.61. The van der Waals surface area contributed by atoms with Gasteiger partial charge in [-0.15, -0.1) is 0 Å². The fourth-order valence-corrected chi connectivity index (χ4v) is 2.77. The molecule has 2 atom stereocenters. The third-order valence-corrected chi connectivity index (χ3v) is 3.91. The molecule has 0 aromatic rings. The van der Waals surface area contributed by atoms with E-state index in [2.05, 4.69) is 12.2 Å². The van der Waals surface area contributed by atoms with Crippen LogP contribution in [0.1, 0.15) is 58.3 Å². The predicted molar refractivity (Wildman–Crippen MR) is 67.6 cm³/mol. The van der Waals surface area contributed by atoms with E-state index in [-0.39, 0.29) is 0 Å². The Hall–Kier alpha value is -0.0800. The monoisotopic (exact) mass is 225 g/mol. The number of rotatable bonds is 8. The highest BCUT2D eigenvalue weighted by atomic mass is 16.5. The van der Waals surface area contributed by atoms with Gasteiger partial charge < -0.3 is 10.1 Å². The van der Waals surface area contributed by atoms with Gasteiger partial charge in [-0.05, 0) is 63.8 Å². The molecule has 16 heavy (non-hydrogen) atoms. The molecule has 0 aromatic carbocycles. The fraction of sp³-hybridized carbons (Fsp3) is 1.00. The lowest BCUT2D eigenvalue weighted by Gasteiger charge is -2.18. The summed E-state index contributed by atoms with van der Waals surface area (Å²) in [7, 11) is 0. The number of hydrogen-bond donors (Lipinski definition) is 1. The van der Waals surface area contributed by atoms with Crippen LogP contribution in [0.5, 0.6) is 0 Å². The minimum atomic E-state index is 0.589. The van der Waals surface area contributed by atoms with Crippen molar-refractivity contribution in [3.8, 4) is 0 Å². The Bertz CT molecular complexity index is 185. The largest absolute Gasteiger partial charge is 0.378 e. The van der Waals surface area contributed by atoms with E-state index >= 15 is 0 Å². The van der Waals surface area contributed by atoms with Crippen molar-refractivity contribution in [1.29, 1.82) is 0 Å². The van der Waals surface area contributed by atoms with Crippen LogP contribution in [0.3, 0.4) is 0 Å². The third kappa shape index (κ3) is 4.06. The second-order valence-electron chi connectivity index (χ2n) is 5.46. The zero-order chi connectivity index (χ0) is 11.2. The summed E-state index contributed by atoms with van der Waals surface area (Å²) in [5.74, 6) is 0.996. The number of nitrogens with one attached hydrogen (secondary N) is 1. The highest BCUT2D eigenvalue weighted by Gasteiger charge is 2.30. The van der Waals surface area contributed by atoms with Crippen molar-refractivity contribution in [3.63, 3.8) is 0 Å². The molecule has 2 heteroatoms. The summed E-state index contributed by atoms with van der Waals surface area (Å²) in [6.07, 6.45) is 11.4. The molecule has 94 valence electrons. The van der Waals surface area contributed by atoms with Crippen LogP contribution in [-0.4, -0.2) is 25.3 Å². The predicted octanol–water partition coefficient (Wildman–Crippen LogP) is 3.11. The standard InChI is InChI=1S/C14H27NO/c1-2-10-15-14(12-8-9-12)7-3-5-13-6-4-11-16-13/h12-15H,2-11H2,1H3. The second-order valence-corrected chi connectivity index (χ2v) is 5.46. The van der Waals surface area contributed by atoms with E-state index in [1.165, 1.54) is 57.9 Å². The Labute approximate surface area is 100 Å². The first-order valence-corrected chi connectivity index (χ1v) is 7.25. The van der Waals surface area contributed by atoms with E-state index in [4.69, 9.17) is 4.74 Å². The maximum atomic E-state index is 5.67. The molecule has 1 aliphatic carbocycles. The maximum absolute atomic E-state index is 5.67. The average molecular weight is 225 g/mol. The SMILES string of the molecule is CCCNC(CCCC1CCCO1)C1CC1. The fourth-order valence-electron chi connectivity index (χ4n) is 2.77. The lowest BCUT2D eigenvalue weighted by molar-refractivity contribution is 0.101. The normalized spacial score (nSPS) is 27.2. The van der Waals surface area contributed by atoms with Gasteiger partial charge in [-0.1, -0.05) is 6.92 Å². The van der Waals surface area contributed by atoms with Crippen LogP contribution in [-0.2, 0) is 4.74 Å². The molecular formula is C14H27NO. The molecular weight excluding hydrogens is 198 g/mol. The maximum Gasteiger partial charge on any atom is 0.0576 e. The van der Waals surface area contributed by atoms with Crippen molar-refractivity contribution in [3.05, 3.63) is 0 Å². The molecule has 0 spiro atoms. The molecule has 0 radical (unpaired) electrons. The van der Waals surface area contributed by atoms with E-state index in [0.717, 1.165) is 18.6 Å². The summed E-state index contributed by atoms with van der Waals surface area (Å²) in [5, 5.41) is 3.72. The Morgan fingerprint density at radius 3 is 2.81 bits per heavy atom. The topological polar surface area (TPSA) is 21.3 Å².